The second-order valence-electron chi connectivity index (χ2n) is 10.1. The van der Waals surface area contributed by atoms with Gasteiger partial charge in [-0.1, -0.05) is 48.5 Å². The molecule has 0 unspecified atom stereocenters. The molecule has 5 aromatic rings. The summed E-state index contributed by atoms with van der Waals surface area (Å²) in [6, 6.07) is 31.5. The standard InChI is InChI=1S/C33H33N7O2/c41-32(34-18-19-38-20-22-39(23-21-38)33-35-16-7-17-36-33)30-24-31(40(37-30)28-10-5-2-6-11-28)27-12-14-29(15-13-27)42-25-26-8-3-1-4-9-26/h1-17,24H,18-23,25H2,(H,34,41). The summed E-state index contributed by atoms with van der Waals surface area (Å²) in [5.41, 5.74) is 4.15. The summed E-state index contributed by atoms with van der Waals surface area (Å²) in [5, 5.41) is 7.76. The summed E-state index contributed by atoms with van der Waals surface area (Å²) in [6.07, 6.45) is 3.54. The van der Waals surface area contributed by atoms with Gasteiger partial charge in [-0.3, -0.25) is 9.69 Å². The Kier molecular flexibility index (Phi) is 8.47. The van der Waals surface area contributed by atoms with E-state index in [-0.39, 0.29) is 5.91 Å². The fraction of sp³-hybridized carbons (Fsp3) is 0.212. The molecule has 0 atom stereocenters. The minimum absolute atomic E-state index is 0.190. The maximum absolute atomic E-state index is 13.2. The number of aromatic nitrogens is 4. The highest BCUT2D eigenvalue weighted by molar-refractivity contribution is 5.93. The van der Waals surface area contributed by atoms with Crippen molar-refractivity contribution < 1.29 is 9.53 Å². The Morgan fingerprint density at radius 1 is 0.810 bits per heavy atom. The van der Waals surface area contributed by atoms with Gasteiger partial charge in [-0.25, -0.2) is 14.6 Å². The average molecular weight is 560 g/mol. The highest BCUT2D eigenvalue weighted by Crippen LogP contribution is 2.26. The van der Waals surface area contributed by atoms with Crippen LogP contribution in [0.25, 0.3) is 16.9 Å². The molecule has 3 heterocycles. The predicted molar refractivity (Wildman–Crippen MR) is 163 cm³/mol. The number of nitrogens with one attached hydrogen (secondary N) is 1. The fourth-order valence-electron chi connectivity index (χ4n) is 4.97. The quantitative estimate of drug-likeness (QED) is 0.270. The van der Waals surface area contributed by atoms with Crippen LogP contribution < -0.4 is 15.0 Å². The van der Waals surface area contributed by atoms with E-state index >= 15 is 0 Å². The molecule has 42 heavy (non-hydrogen) atoms. The van der Waals surface area contributed by atoms with E-state index in [9.17, 15) is 4.79 Å². The van der Waals surface area contributed by atoms with Crippen LogP contribution in [0.15, 0.2) is 109 Å². The lowest BCUT2D eigenvalue weighted by Crippen LogP contribution is -2.49. The molecule has 0 aliphatic carbocycles. The van der Waals surface area contributed by atoms with Crippen molar-refractivity contribution in [1.29, 1.82) is 0 Å². The molecule has 0 bridgehead atoms. The number of carbonyl (C=O) groups excluding carboxylic acids is 1. The van der Waals surface area contributed by atoms with Crippen LogP contribution in [0.5, 0.6) is 5.75 Å². The molecule has 212 valence electrons. The van der Waals surface area contributed by atoms with Gasteiger partial charge in [0.15, 0.2) is 5.69 Å². The van der Waals surface area contributed by atoms with Gasteiger partial charge in [0.2, 0.25) is 5.95 Å². The van der Waals surface area contributed by atoms with E-state index in [4.69, 9.17) is 9.84 Å². The molecule has 0 radical (unpaired) electrons. The Morgan fingerprint density at radius 3 is 2.21 bits per heavy atom. The van der Waals surface area contributed by atoms with Crippen LogP contribution in [-0.2, 0) is 6.61 Å². The van der Waals surface area contributed by atoms with E-state index in [2.05, 4.69) is 25.1 Å². The highest BCUT2D eigenvalue weighted by atomic mass is 16.5. The summed E-state index contributed by atoms with van der Waals surface area (Å²) in [6.45, 7) is 5.33. The molecule has 6 rings (SSSR count). The molecular weight excluding hydrogens is 526 g/mol. The van der Waals surface area contributed by atoms with E-state index in [1.807, 2.05) is 102 Å². The molecule has 0 spiro atoms. The molecule has 1 saturated heterocycles. The normalized spacial score (nSPS) is 13.6. The average Bonchev–Trinajstić information content (AvgIpc) is 3.52. The van der Waals surface area contributed by atoms with Crippen molar-refractivity contribution >= 4 is 11.9 Å². The maximum atomic E-state index is 13.2. The number of benzene rings is 3. The van der Waals surface area contributed by atoms with E-state index in [1.165, 1.54) is 0 Å². The Morgan fingerprint density at radius 2 is 1.50 bits per heavy atom. The van der Waals surface area contributed by atoms with Gasteiger partial charge in [-0.15, -0.1) is 0 Å². The molecule has 9 nitrogen and oxygen atoms in total. The van der Waals surface area contributed by atoms with Gasteiger partial charge in [0.25, 0.3) is 5.91 Å². The highest BCUT2D eigenvalue weighted by Gasteiger charge is 2.20. The SMILES string of the molecule is O=C(NCCN1CCN(c2ncccn2)CC1)c1cc(-c2ccc(OCc3ccccc3)cc2)n(-c2ccccc2)n1. The maximum Gasteiger partial charge on any atom is 0.271 e. The lowest BCUT2D eigenvalue weighted by atomic mass is 10.1. The number of piperazine rings is 1. The van der Waals surface area contributed by atoms with Crippen LogP contribution in [0.4, 0.5) is 5.95 Å². The topological polar surface area (TPSA) is 88.4 Å². The first-order valence-corrected chi connectivity index (χ1v) is 14.2. The molecular formula is C33H33N7O2. The Balaban J connectivity index is 1.09. The molecule has 1 fully saturated rings. The third-order valence-electron chi connectivity index (χ3n) is 7.26. The van der Waals surface area contributed by atoms with Crippen molar-refractivity contribution in [3.8, 4) is 22.7 Å². The lowest BCUT2D eigenvalue weighted by molar-refractivity contribution is 0.0942. The van der Waals surface area contributed by atoms with Gasteiger partial charge in [-0.2, -0.15) is 5.10 Å². The number of para-hydroxylation sites is 1. The van der Waals surface area contributed by atoms with Crippen molar-refractivity contribution in [3.63, 3.8) is 0 Å². The Hall–Kier alpha value is -5.02. The molecule has 3 aromatic carbocycles. The summed E-state index contributed by atoms with van der Waals surface area (Å²) in [4.78, 5) is 26.4. The van der Waals surface area contributed by atoms with Crippen LogP contribution in [0.1, 0.15) is 16.1 Å². The van der Waals surface area contributed by atoms with Crippen molar-refractivity contribution in [2.45, 2.75) is 6.61 Å². The van der Waals surface area contributed by atoms with E-state index in [0.717, 1.165) is 66.9 Å². The molecule has 9 heteroatoms. The molecule has 2 aromatic heterocycles. The van der Waals surface area contributed by atoms with Crippen LogP contribution in [0, 0.1) is 0 Å². The summed E-state index contributed by atoms with van der Waals surface area (Å²) in [5.74, 6) is 1.36. The number of carbonyl (C=O) groups is 1. The number of ether oxygens (including phenoxy) is 1. The van der Waals surface area contributed by atoms with Gasteiger partial charge >= 0.3 is 0 Å². The van der Waals surface area contributed by atoms with Crippen molar-refractivity contribution in [2.24, 2.45) is 0 Å². The number of rotatable bonds is 10. The largest absolute Gasteiger partial charge is 0.489 e. The smallest absolute Gasteiger partial charge is 0.271 e. The Bertz CT molecular complexity index is 1570. The van der Waals surface area contributed by atoms with Gasteiger partial charge in [-0.05, 0) is 54.1 Å². The van der Waals surface area contributed by atoms with Gasteiger partial charge in [0.05, 0.1) is 11.4 Å². The molecule has 1 amide bonds. The van der Waals surface area contributed by atoms with E-state index in [1.54, 1.807) is 12.4 Å². The molecule has 1 aliphatic rings. The summed E-state index contributed by atoms with van der Waals surface area (Å²) in [7, 11) is 0. The number of hydrogen-bond donors (Lipinski definition) is 1. The second-order valence-corrected chi connectivity index (χ2v) is 10.1. The number of amides is 1. The van der Waals surface area contributed by atoms with Crippen LogP contribution in [0.3, 0.4) is 0 Å². The first-order valence-electron chi connectivity index (χ1n) is 14.2. The van der Waals surface area contributed by atoms with E-state index < -0.39 is 0 Å². The number of anilines is 1. The van der Waals surface area contributed by atoms with Crippen molar-refractivity contribution in [3.05, 3.63) is 121 Å². The lowest BCUT2D eigenvalue weighted by Gasteiger charge is -2.34. The summed E-state index contributed by atoms with van der Waals surface area (Å²) < 4.78 is 7.78. The minimum atomic E-state index is -0.190. The molecule has 1 N–H and O–H groups in total. The molecule has 0 saturated carbocycles. The van der Waals surface area contributed by atoms with E-state index in [0.29, 0.717) is 18.8 Å². The van der Waals surface area contributed by atoms with Gasteiger partial charge in [0, 0.05) is 57.2 Å². The predicted octanol–water partition coefficient (Wildman–Crippen LogP) is 4.46. The zero-order chi connectivity index (χ0) is 28.6. The molecule has 1 aliphatic heterocycles. The first-order chi connectivity index (χ1) is 20.7. The van der Waals surface area contributed by atoms with Crippen LogP contribution in [0.2, 0.25) is 0 Å². The van der Waals surface area contributed by atoms with Gasteiger partial charge in [0.1, 0.15) is 12.4 Å². The summed E-state index contributed by atoms with van der Waals surface area (Å²) >= 11 is 0. The fourth-order valence-corrected chi connectivity index (χ4v) is 4.97. The van der Waals surface area contributed by atoms with Crippen molar-refractivity contribution in [2.75, 3.05) is 44.2 Å². The monoisotopic (exact) mass is 559 g/mol. The van der Waals surface area contributed by atoms with Gasteiger partial charge < -0.3 is 15.0 Å². The first kappa shape index (κ1) is 27.2. The third-order valence-corrected chi connectivity index (χ3v) is 7.26. The Labute approximate surface area is 245 Å². The zero-order valence-electron chi connectivity index (χ0n) is 23.3. The zero-order valence-corrected chi connectivity index (χ0v) is 23.3. The van der Waals surface area contributed by atoms with Crippen LogP contribution in [-0.4, -0.2) is 69.8 Å². The minimum Gasteiger partial charge on any atom is -0.489 e. The third kappa shape index (κ3) is 6.64. The number of nitrogens with zero attached hydrogens (tertiary/aromatic N) is 6. The van der Waals surface area contributed by atoms with Crippen LogP contribution >= 0.6 is 0 Å². The number of hydrogen-bond acceptors (Lipinski definition) is 7. The second kappa shape index (κ2) is 13.1. The van der Waals surface area contributed by atoms with Crippen molar-refractivity contribution in [1.82, 2.24) is 30.0 Å².